The van der Waals surface area contributed by atoms with E-state index in [1.165, 1.54) is 132 Å². The van der Waals surface area contributed by atoms with Crippen LogP contribution in [0.4, 0.5) is 0 Å². The highest BCUT2D eigenvalue weighted by Crippen LogP contribution is 2.22. The van der Waals surface area contributed by atoms with E-state index in [0.29, 0.717) is 0 Å². The van der Waals surface area contributed by atoms with Gasteiger partial charge < -0.3 is 14.0 Å². The second kappa shape index (κ2) is 24.3. The van der Waals surface area contributed by atoms with Crippen LogP contribution >= 0.6 is 0 Å². The Labute approximate surface area is 283 Å². The summed E-state index contributed by atoms with van der Waals surface area (Å²) >= 11 is 0. The molecular formula is C42H63BO3. The van der Waals surface area contributed by atoms with Crippen molar-refractivity contribution in [2.45, 2.75) is 156 Å². The average molecular weight is 627 g/mol. The molecule has 0 amide bonds. The lowest BCUT2D eigenvalue weighted by atomic mass is 10.0. The Balaban J connectivity index is 1.56. The van der Waals surface area contributed by atoms with Crippen LogP contribution in [0.2, 0.25) is 0 Å². The van der Waals surface area contributed by atoms with Gasteiger partial charge in [0.2, 0.25) is 0 Å². The second-order valence-electron chi connectivity index (χ2n) is 13.1. The Kier molecular flexibility index (Phi) is 19.9. The minimum absolute atomic E-state index is 0.746. The fourth-order valence-corrected chi connectivity index (χ4v) is 5.94. The van der Waals surface area contributed by atoms with Gasteiger partial charge in [0.05, 0.1) is 0 Å². The van der Waals surface area contributed by atoms with Crippen molar-refractivity contribution in [1.82, 2.24) is 0 Å². The molecule has 0 radical (unpaired) electrons. The van der Waals surface area contributed by atoms with Crippen LogP contribution in [-0.2, 0) is 19.3 Å². The van der Waals surface area contributed by atoms with E-state index in [4.69, 9.17) is 14.0 Å². The van der Waals surface area contributed by atoms with Gasteiger partial charge in [-0.15, -0.1) is 0 Å². The summed E-state index contributed by atoms with van der Waals surface area (Å²) < 4.78 is 18.9. The van der Waals surface area contributed by atoms with Gasteiger partial charge in [-0.1, -0.05) is 153 Å². The van der Waals surface area contributed by atoms with Crippen molar-refractivity contribution in [3.63, 3.8) is 0 Å². The van der Waals surface area contributed by atoms with Gasteiger partial charge in [-0.05, 0) is 91.6 Å². The number of hydrogen-bond donors (Lipinski definition) is 0. The monoisotopic (exact) mass is 626 g/mol. The number of unbranched alkanes of at least 4 members (excludes halogenated alkanes) is 15. The van der Waals surface area contributed by atoms with Crippen LogP contribution in [0.3, 0.4) is 0 Å². The first-order valence-corrected chi connectivity index (χ1v) is 19.0. The van der Waals surface area contributed by atoms with Crippen molar-refractivity contribution in [2.75, 3.05) is 0 Å². The van der Waals surface area contributed by atoms with Crippen molar-refractivity contribution < 1.29 is 14.0 Å². The van der Waals surface area contributed by atoms with Gasteiger partial charge in [0.15, 0.2) is 0 Å². The Bertz CT molecular complexity index is 981. The molecule has 252 valence electrons. The van der Waals surface area contributed by atoms with Crippen molar-refractivity contribution in [2.24, 2.45) is 0 Å². The summed E-state index contributed by atoms with van der Waals surface area (Å²) in [5.74, 6) is 2.24. The van der Waals surface area contributed by atoms with Crippen LogP contribution in [0.15, 0.2) is 72.8 Å². The normalized spacial score (nSPS) is 11.0. The van der Waals surface area contributed by atoms with Gasteiger partial charge in [-0.3, -0.25) is 0 Å². The SMILES string of the molecule is CCCCCCCCc1ccc(OB(Oc2ccc(CCCCCCCC)cc2)Oc2ccc(CCCCCCCC)cc2)cc1. The van der Waals surface area contributed by atoms with Gasteiger partial charge in [0, 0.05) is 0 Å². The molecule has 3 aromatic carbocycles. The molecule has 0 unspecified atom stereocenters. The molecule has 0 atom stereocenters. The molecule has 0 aromatic heterocycles. The lowest BCUT2D eigenvalue weighted by Gasteiger charge is -2.17. The molecule has 3 nitrogen and oxygen atoms in total. The zero-order chi connectivity index (χ0) is 32.5. The molecule has 0 aliphatic carbocycles. The van der Waals surface area contributed by atoms with Crippen LogP contribution < -0.4 is 14.0 Å². The zero-order valence-corrected chi connectivity index (χ0v) is 29.6. The standard InChI is InChI=1S/C42H63BO3/c1-4-7-10-13-16-19-22-37-25-31-40(32-26-37)44-43(45-41-33-27-38(28-34-41)23-20-17-14-11-8-5-2)46-42-35-29-39(30-36-42)24-21-18-15-12-9-6-3/h25-36H,4-24H2,1-3H3. The molecule has 0 spiro atoms. The first-order chi connectivity index (χ1) is 22.7. The number of aryl methyl sites for hydroxylation is 3. The maximum Gasteiger partial charge on any atom is 0.864 e. The average Bonchev–Trinajstić information content (AvgIpc) is 3.08. The quantitative estimate of drug-likeness (QED) is 0.0622. The highest BCUT2D eigenvalue weighted by Gasteiger charge is 2.30. The van der Waals surface area contributed by atoms with Gasteiger partial charge in [-0.25, -0.2) is 0 Å². The van der Waals surface area contributed by atoms with Gasteiger partial charge in [0.1, 0.15) is 17.2 Å². The molecule has 3 rings (SSSR count). The van der Waals surface area contributed by atoms with Gasteiger partial charge >= 0.3 is 7.32 Å². The molecule has 4 heteroatoms. The molecule has 0 heterocycles. The lowest BCUT2D eigenvalue weighted by Crippen LogP contribution is -2.37. The largest absolute Gasteiger partial charge is 0.864 e. The van der Waals surface area contributed by atoms with E-state index >= 15 is 0 Å². The Morgan fingerprint density at radius 3 is 0.826 bits per heavy atom. The van der Waals surface area contributed by atoms with E-state index in [1.807, 2.05) is 36.4 Å². The molecule has 0 aliphatic heterocycles. The van der Waals surface area contributed by atoms with Crippen LogP contribution in [0, 0.1) is 0 Å². The van der Waals surface area contributed by atoms with Gasteiger partial charge in [-0.2, -0.15) is 0 Å². The number of benzene rings is 3. The van der Waals surface area contributed by atoms with E-state index < -0.39 is 7.32 Å². The van der Waals surface area contributed by atoms with Crippen LogP contribution in [0.5, 0.6) is 17.2 Å². The van der Waals surface area contributed by atoms with E-state index in [1.54, 1.807) is 0 Å². The third kappa shape index (κ3) is 16.6. The highest BCUT2D eigenvalue weighted by molar-refractivity contribution is 6.39. The van der Waals surface area contributed by atoms with Crippen LogP contribution in [0.1, 0.15) is 153 Å². The number of hydrogen-bond acceptors (Lipinski definition) is 3. The fourth-order valence-electron chi connectivity index (χ4n) is 5.94. The minimum atomic E-state index is -0.891. The Hall–Kier alpha value is -2.88. The molecule has 0 saturated carbocycles. The smallest absolute Gasteiger partial charge is 0.490 e. The zero-order valence-electron chi connectivity index (χ0n) is 29.6. The summed E-state index contributed by atoms with van der Waals surface area (Å²) in [5.41, 5.74) is 4.05. The van der Waals surface area contributed by atoms with E-state index in [-0.39, 0.29) is 0 Å². The van der Waals surface area contributed by atoms with Gasteiger partial charge in [0.25, 0.3) is 0 Å². The molecular weight excluding hydrogens is 563 g/mol. The third-order valence-electron chi connectivity index (χ3n) is 8.92. The van der Waals surface area contributed by atoms with Crippen molar-refractivity contribution in [1.29, 1.82) is 0 Å². The molecule has 0 bridgehead atoms. The summed E-state index contributed by atoms with van der Waals surface area (Å²) in [6.07, 6.45) is 27.0. The fraction of sp³-hybridized carbons (Fsp3) is 0.571. The topological polar surface area (TPSA) is 27.7 Å². The first-order valence-electron chi connectivity index (χ1n) is 19.0. The van der Waals surface area contributed by atoms with Crippen LogP contribution in [0.25, 0.3) is 0 Å². The molecule has 0 saturated heterocycles. The Morgan fingerprint density at radius 2 is 0.565 bits per heavy atom. The van der Waals surface area contributed by atoms with Crippen LogP contribution in [-0.4, -0.2) is 7.32 Å². The highest BCUT2D eigenvalue weighted by atomic mass is 16.7. The molecule has 46 heavy (non-hydrogen) atoms. The minimum Gasteiger partial charge on any atom is -0.490 e. The maximum absolute atomic E-state index is 6.29. The van der Waals surface area contributed by atoms with Crippen molar-refractivity contribution >= 4 is 7.32 Å². The predicted octanol–water partition coefficient (Wildman–Crippen LogP) is 12.9. The summed E-state index contributed by atoms with van der Waals surface area (Å²) in [4.78, 5) is 0. The first kappa shape index (κ1) is 37.6. The molecule has 0 aliphatic rings. The molecule has 0 N–H and O–H groups in total. The Morgan fingerprint density at radius 1 is 0.326 bits per heavy atom. The second-order valence-corrected chi connectivity index (χ2v) is 13.1. The number of rotatable bonds is 27. The van der Waals surface area contributed by atoms with Crippen molar-refractivity contribution in [3.05, 3.63) is 89.5 Å². The third-order valence-corrected chi connectivity index (χ3v) is 8.92. The maximum atomic E-state index is 6.29. The summed E-state index contributed by atoms with van der Waals surface area (Å²) in [6, 6.07) is 25.3. The lowest BCUT2D eigenvalue weighted by molar-refractivity contribution is 0.307. The molecule has 0 fully saturated rings. The predicted molar refractivity (Wildman–Crippen MR) is 198 cm³/mol. The van der Waals surface area contributed by atoms with Crippen molar-refractivity contribution in [3.8, 4) is 17.2 Å². The van der Waals surface area contributed by atoms with E-state index in [0.717, 1.165) is 36.5 Å². The van der Waals surface area contributed by atoms with E-state index in [2.05, 4.69) is 57.2 Å². The summed E-state index contributed by atoms with van der Waals surface area (Å²) in [7, 11) is -0.891. The summed E-state index contributed by atoms with van der Waals surface area (Å²) in [6.45, 7) is 6.81. The van der Waals surface area contributed by atoms with E-state index in [9.17, 15) is 0 Å². The molecule has 3 aromatic rings. The summed E-state index contributed by atoms with van der Waals surface area (Å²) in [5, 5.41) is 0.